The Bertz CT molecular complexity index is 921. The van der Waals surface area contributed by atoms with Crippen molar-refractivity contribution in [3.63, 3.8) is 0 Å². The lowest BCUT2D eigenvalue weighted by Gasteiger charge is -2.08. The molecule has 1 amide bonds. The third kappa shape index (κ3) is 3.19. The minimum Gasteiger partial charge on any atom is -0.467 e. The number of carbonyl (C=O) groups is 1. The molecule has 0 aliphatic rings. The second-order valence-corrected chi connectivity index (χ2v) is 5.85. The highest BCUT2D eigenvalue weighted by molar-refractivity contribution is 6.31. The first-order chi connectivity index (χ1) is 11.5. The maximum absolute atomic E-state index is 12.1. The number of hydrogen-bond acceptors (Lipinski definition) is 5. The minimum atomic E-state index is -0.306. The van der Waals surface area contributed by atoms with Gasteiger partial charge in [0.15, 0.2) is 6.61 Å². The van der Waals surface area contributed by atoms with E-state index in [9.17, 15) is 4.79 Å². The number of aromatic nitrogens is 2. The largest absolute Gasteiger partial charge is 0.467 e. The molecule has 0 spiro atoms. The van der Waals surface area contributed by atoms with E-state index in [4.69, 9.17) is 20.8 Å². The molecule has 0 fully saturated rings. The summed E-state index contributed by atoms with van der Waals surface area (Å²) in [6.07, 6.45) is 1.34. The van der Waals surface area contributed by atoms with Crippen LogP contribution in [0, 0.1) is 20.8 Å². The van der Waals surface area contributed by atoms with Gasteiger partial charge >= 0.3 is 0 Å². The van der Waals surface area contributed by atoms with Gasteiger partial charge in [0.25, 0.3) is 5.91 Å². The molecule has 24 heavy (non-hydrogen) atoms. The summed E-state index contributed by atoms with van der Waals surface area (Å²) in [5.41, 5.74) is 2.90. The Morgan fingerprint density at radius 2 is 2.08 bits per heavy atom. The first-order valence-corrected chi connectivity index (χ1v) is 7.73. The number of hydrogen-bond donors (Lipinski definition) is 1. The number of ether oxygens (including phenoxy) is 1. The Morgan fingerprint density at radius 1 is 1.29 bits per heavy atom. The summed E-state index contributed by atoms with van der Waals surface area (Å²) < 4.78 is 11.1. The molecule has 6 nitrogen and oxygen atoms in total. The Balaban J connectivity index is 1.71. The molecule has 2 aromatic heterocycles. The lowest BCUT2D eigenvalue weighted by Crippen LogP contribution is -2.20. The highest BCUT2D eigenvalue weighted by atomic mass is 35.5. The standard InChI is InChI=1S/C17H16ClN3O3/c1-9-4-5-12(6-13(9)18)21-14(22)7-23-16-15-10(2)11(3)24-17(15)20-8-19-16/h4-6,8H,7H2,1-3H3,(H,21,22). The summed E-state index contributed by atoms with van der Waals surface area (Å²) in [5, 5.41) is 4.01. The number of rotatable bonds is 4. The lowest BCUT2D eigenvalue weighted by atomic mass is 10.2. The molecule has 0 radical (unpaired) electrons. The summed E-state index contributed by atoms with van der Waals surface area (Å²) in [4.78, 5) is 20.2. The molecule has 0 unspecified atom stereocenters. The van der Waals surface area contributed by atoms with E-state index in [2.05, 4.69) is 15.3 Å². The number of nitrogens with zero attached hydrogens (tertiary/aromatic N) is 2. The molecule has 0 bridgehead atoms. The number of fused-ring (bicyclic) bond motifs is 1. The molecule has 2 heterocycles. The molecule has 1 aromatic carbocycles. The molecule has 0 aliphatic carbocycles. The maximum Gasteiger partial charge on any atom is 0.262 e. The molecule has 7 heteroatoms. The quantitative estimate of drug-likeness (QED) is 0.777. The van der Waals surface area contributed by atoms with Crippen LogP contribution in [0.4, 0.5) is 5.69 Å². The van der Waals surface area contributed by atoms with Crippen LogP contribution in [0.15, 0.2) is 28.9 Å². The van der Waals surface area contributed by atoms with Crippen LogP contribution < -0.4 is 10.1 Å². The van der Waals surface area contributed by atoms with E-state index in [0.29, 0.717) is 27.7 Å². The van der Waals surface area contributed by atoms with E-state index < -0.39 is 0 Å². The molecule has 0 saturated heterocycles. The monoisotopic (exact) mass is 345 g/mol. The van der Waals surface area contributed by atoms with Gasteiger partial charge < -0.3 is 14.5 Å². The Labute approximate surface area is 143 Å². The first kappa shape index (κ1) is 16.3. The van der Waals surface area contributed by atoms with Crippen molar-refractivity contribution in [1.29, 1.82) is 0 Å². The van der Waals surface area contributed by atoms with Crippen LogP contribution in [0.3, 0.4) is 0 Å². The van der Waals surface area contributed by atoms with Crippen molar-refractivity contribution in [2.75, 3.05) is 11.9 Å². The predicted molar refractivity (Wildman–Crippen MR) is 91.6 cm³/mol. The fourth-order valence-electron chi connectivity index (χ4n) is 2.26. The van der Waals surface area contributed by atoms with Gasteiger partial charge in [-0.25, -0.2) is 9.97 Å². The zero-order valence-electron chi connectivity index (χ0n) is 13.5. The van der Waals surface area contributed by atoms with Crippen molar-refractivity contribution in [1.82, 2.24) is 9.97 Å². The molecular formula is C17H16ClN3O3. The van der Waals surface area contributed by atoms with E-state index in [0.717, 1.165) is 16.9 Å². The summed E-state index contributed by atoms with van der Waals surface area (Å²) in [5.74, 6) is 0.764. The Kier molecular flexibility index (Phi) is 4.40. The van der Waals surface area contributed by atoms with Crippen molar-refractivity contribution in [3.8, 4) is 5.88 Å². The maximum atomic E-state index is 12.1. The van der Waals surface area contributed by atoms with E-state index in [1.54, 1.807) is 12.1 Å². The Morgan fingerprint density at radius 3 is 2.83 bits per heavy atom. The number of nitrogens with one attached hydrogen (secondary N) is 1. The van der Waals surface area contributed by atoms with E-state index in [-0.39, 0.29) is 12.5 Å². The molecular weight excluding hydrogens is 330 g/mol. The van der Waals surface area contributed by atoms with Gasteiger partial charge in [-0.2, -0.15) is 0 Å². The van der Waals surface area contributed by atoms with Crippen molar-refractivity contribution < 1.29 is 13.9 Å². The van der Waals surface area contributed by atoms with E-state index >= 15 is 0 Å². The lowest BCUT2D eigenvalue weighted by molar-refractivity contribution is -0.118. The van der Waals surface area contributed by atoms with Gasteiger partial charge in [-0.05, 0) is 38.5 Å². The van der Waals surface area contributed by atoms with E-state index in [1.807, 2.05) is 26.8 Å². The Hall–Kier alpha value is -2.60. The fraction of sp³-hybridized carbons (Fsp3) is 0.235. The van der Waals surface area contributed by atoms with Gasteiger partial charge in [0.2, 0.25) is 11.6 Å². The molecule has 1 N–H and O–H groups in total. The summed E-state index contributed by atoms with van der Waals surface area (Å²) in [7, 11) is 0. The number of amides is 1. The van der Waals surface area contributed by atoms with Crippen molar-refractivity contribution in [2.45, 2.75) is 20.8 Å². The van der Waals surface area contributed by atoms with Gasteiger partial charge in [-0.15, -0.1) is 0 Å². The molecule has 0 atom stereocenters. The van der Waals surface area contributed by atoms with Crippen LogP contribution in [-0.2, 0) is 4.79 Å². The van der Waals surface area contributed by atoms with Crippen LogP contribution >= 0.6 is 11.6 Å². The van der Waals surface area contributed by atoms with Gasteiger partial charge in [0, 0.05) is 16.3 Å². The normalized spacial score (nSPS) is 10.8. The molecule has 0 aliphatic heterocycles. The minimum absolute atomic E-state index is 0.179. The van der Waals surface area contributed by atoms with E-state index in [1.165, 1.54) is 6.33 Å². The van der Waals surface area contributed by atoms with Gasteiger partial charge in [-0.3, -0.25) is 4.79 Å². The number of aryl methyl sites for hydroxylation is 3. The average molecular weight is 346 g/mol. The number of carbonyl (C=O) groups excluding carboxylic acids is 1. The van der Waals surface area contributed by atoms with Gasteiger partial charge in [0.05, 0.1) is 0 Å². The third-order valence-corrected chi connectivity index (χ3v) is 4.13. The third-order valence-electron chi connectivity index (χ3n) is 3.73. The van der Waals surface area contributed by atoms with Gasteiger partial charge in [-0.1, -0.05) is 17.7 Å². The van der Waals surface area contributed by atoms with Crippen molar-refractivity contribution in [3.05, 3.63) is 46.4 Å². The first-order valence-electron chi connectivity index (χ1n) is 7.35. The zero-order chi connectivity index (χ0) is 17.3. The topological polar surface area (TPSA) is 77.2 Å². The van der Waals surface area contributed by atoms with Gasteiger partial charge in [0.1, 0.15) is 17.5 Å². The highest BCUT2D eigenvalue weighted by Crippen LogP contribution is 2.29. The highest BCUT2D eigenvalue weighted by Gasteiger charge is 2.15. The number of anilines is 1. The molecule has 3 aromatic rings. The summed E-state index contributed by atoms with van der Waals surface area (Å²) >= 11 is 6.05. The number of halogens is 1. The summed E-state index contributed by atoms with van der Waals surface area (Å²) in [6, 6.07) is 5.32. The molecule has 3 rings (SSSR count). The molecule has 124 valence electrons. The fourth-order valence-corrected chi connectivity index (χ4v) is 2.44. The summed E-state index contributed by atoms with van der Waals surface area (Å²) in [6.45, 7) is 5.45. The molecule has 0 saturated carbocycles. The van der Waals surface area contributed by atoms with Crippen molar-refractivity contribution >= 4 is 34.3 Å². The van der Waals surface area contributed by atoms with Crippen LogP contribution in [0.25, 0.3) is 11.1 Å². The van der Waals surface area contributed by atoms with Crippen molar-refractivity contribution in [2.24, 2.45) is 0 Å². The van der Waals surface area contributed by atoms with Crippen LogP contribution in [0.5, 0.6) is 5.88 Å². The predicted octanol–water partition coefficient (Wildman–Crippen LogP) is 3.82. The SMILES string of the molecule is Cc1ccc(NC(=O)COc2ncnc3oc(C)c(C)c23)cc1Cl. The average Bonchev–Trinajstić information content (AvgIpc) is 2.84. The smallest absolute Gasteiger partial charge is 0.262 e. The van der Waals surface area contributed by atoms with Crippen LogP contribution in [-0.4, -0.2) is 22.5 Å². The number of furan rings is 1. The second-order valence-electron chi connectivity index (χ2n) is 5.44. The second kappa shape index (κ2) is 6.49. The van der Waals surface area contributed by atoms with Crippen LogP contribution in [0.2, 0.25) is 5.02 Å². The van der Waals surface area contributed by atoms with Crippen LogP contribution in [0.1, 0.15) is 16.9 Å². The zero-order valence-corrected chi connectivity index (χ0v) is 14.3. The number of benzene rings is 1.